The molecule has 7 nitrogen and oxygen atoms in total. The van der Waals surface area contributed by atoms with Crippen molar-refractivity contribution in [1.82, 2.24) is 14.7 Å². The number of rotatable bonds is 5. The molecule has 1 aromatic heterocycles. The quantitative estimate of drug-likeness (QED) is 0.900. The molecule has 1 aliphatic rings. The van der Waals surface area contributed by atoms with Crippen LogP contribution in [-0.4, -0.2) is 57.5 Å². The number of amides is 1. The smallest absolute Gasteiger partial charge is 0.323 e. The summed E-state index contributed by atoms with van der Waals surface area (Å²) in [4.78, 5) is 25.5. The normalized spacial score (nSPS) is 15.2. The van der Waals surface area contributed by atoms with Crippen LogP contribution < -0.4 is 0 Å². The molecule has 2 heterocycles. The van der Waals surface area contributed by atoms with Gasteiger partial charge in [-0.3, -0.25) is 9.59 Å². The molecule has 1 aromatic carbocycles. The second-order valence-corrected chi connectivity index (χ2v) is 5.67. The van der Waals surface area contributed by atoms with Crippen LogP contribution in [0.15, 0.2) is 42.7 Å². The molecule has 7 heteroatoms. The Labute approximate surface area is 139 Å². The van der Waals surface area contributed by atoms with Crippen molar-refractivity contribution in [2.75, 3.05) is 19.8 Å². The fourth-order valence-electron chi connectivity index (χ4n) is 2.88. The lowest BCUT2D eigenvalue weighted by atomic mass is 10.0. The summed E-state index contributed by atoms with van der Waals surface area (Å²) in [7, 11) is 0. The maximum atomic E-state index is 12.9. The SMILES string of the molecule is O=C(O)CN(C(=O)c1cccc(-n2cccn2)c1)C1CCOCC1. The largest absolute Gasteiger partial charge is 0.480 e. The van der Waals surface area contributed by atoms with Crippen LogP contribution >= 0.6 is 0 Å². The molecule has 0 bridgehead atoms. The summed E-state index contributed by atoms with van der Waals surface area (Å²) >= 11 is 0. The minimum absolute atomic E-state index is 0.115. The van der Waals surface area contributed by atoms with Gasteiger partial charge in [0.05, 0.1) is 5.69 Å². The van der Waals surface area contributed by atoms with Gasteiger partial charge in [-0.2, -0.15) is 5.10 Å². The lowest BCUT2D eigenvalue weighted by Gasteiger charge is -2.33. The van der Waals surface area contributed by atoms with E-state index in [1.54, 1.807) is 41.3 Å². The van der Waals surface area contributed by atoms with Crippen LogP contribution in [0.4, 0.5) is 0 Å². The minimum atomic E-state index is -1.02. The van der Waals surface area contributed by atoms with Crippen molar-refractivity contribution in [3.8, 4) is 5.69 Å². The van der Waals surface area contributed by atoms with E-state index in [-0.39, 0.29) is 18.5 Å². The standard InChI is InChI=1S/C17H19N3O4/c21-16(22)12-19(14-5-9-24-10-6-14)17(23)13-3-1-4-15(11-13)20-8-2-7-18-20/h1-4,7-8,11,14H,5-6,9-10,12H2,(H,21,22). The third-order valence-electron chi connectivity index (χ3n) is 4.06. The summed E-state index contributed by atoms with van der Waals surface area (Å²) in [6, 6.07) is 8.73. The minimum Gasteiger partial charge on any atom is -0.480 e. The van der Waals surface area contributed by atoms with E-state index in [0.717, 1.165) is 5.69 Å². The summed E-state index contributed by atoms with van der Waals surface area (Å²) in [5.74, 6) is -1.30. The molecule has 24 heavy (non-hydrogen) atoms. The lowest BCUT2D eigenvalue weighted by molar-refractivity contribution is -0.138. The molecule has 0 radical (unpaired) electrons. The Morgan fingerprint density at radius 2 is 2.08 bits per heavy atom. The van der Waals surface area contributed by atoms with Crippen LogP contribution in [0.1, 0.15) is 23.2 Å². The van der Waals surface area contributed by atoms with E-state index >= 15 is 0 Å². The zero-order chi connectivity index (χ0) is 16.9. The molecule has 126 valence electrons. The molecular weight excluding hydrogens is 310 g/mol. The number of aromatic nitrogens is 2. The van der Waals surface area contributed by atoms with Gasteiger partial charge in [0, 0.05) is 37.2 Å². The molecule has 0 aliphatic carbocycles. The van der Waals surface area contributed by atoms with Crippen molar-refractivity contribution in [3.05, 3.63) is 48.3 Å². The molecular formula is C17H19N3O4. The molecule has 0 saturated carbocycles. The van der Waals surface area contributed by atoms with Gasteiger partial charge in [0.1, 0.15) is 6.54 Å². The number of carbonyl (C=O) groups is 2. The second kappa shape index (κ2) is 7.27. The first-order valence-electron chi connectivity index (χ1n) is 7.86. The van der Waals surface area contributed by atoms with Crippen LogP contribution in [0.2, 0.25) is 0 Å². The predicted molar refractivity (Wildman–Crippen MR) is 86.1 cm³/mol. The molecule has 0 atom stereocenters. The summed E-state index contributed by atoms with van der Waals surface area (Å²) in [6.07, 6.45) is 4.75. The fraction of sp³-hybridized carbons (Fsp3) is 0.353. The van der Waals surface area contributed by atoms with Crippen LogP contribution in [0.3, 0.4) is 0 Å². The average molecular weight is 329 g/mol. The van der Waals surface area contributed by atoms with Crippen molar-refractivity contribution >= 4 is 11.9 Å². The number of benzene rings is 1. The van der Waals surface area contributed by atoms with Gasteiger partial charge in [-0.15, -0.1) is 0 Å². The van der Waals surface area contributed by atoms with Crippen molar-refractivity contribution in [1.29, 1.82) is 0 Å². The number of aliphatic carboxylic acids is 1. The van der Waals surface area contributed by atoms with Crippen LogP contribution in [-0.2, 0) is 9.53 Å². The van der Waals surface area contributed by atoms with Gasteiger partial charge in [0.2, 0.25) is 0 Å². The van der Waals surface area contributed by atoms with E-state index in [2.05, 4.69) is 5.10 Å². The van der Waals surface area contributed by atoms with Gasteiger partial charge in [0.25, 0.3) is 5.91 Å². The highest BCUT2D eigenvalue weighted by Crippen LogP contribution is 2.19. The zero-order valence-corrected chi connectivity index (χ0v) is 13.2. The van der Waals surface area contributed by atoms with Crippen molar-refractivity contribution in [2.24, 2.45) is 0 Å². The fourth-order valence-corrected chi connectivity index (χ4v) is 2.88. The van der Waals surface area contributed by atoms with Gasteiger partial charge >= 0.3 is 5.97 Å². The average Bonchev–Trinajstić information content (AvgIpc) is 3.14. The number of hydrogen-bond donors (Lipinski definition) is 1. The first kappa shape index (κ1) is 16.2. The predicted octanol–water partition coefficient (Wildman–Crippen LogP) is 1.58. The molecule has 1 fully saturated rings. The van der Waals surface area contributed by atoms with Gasteiger partial charge in [-0.25, -0.2) is 4.68 Å². The zero-order valence-electron chi connectivity index (χ0n) is 13.2. The van der Waals surface area contributed by atoms with Crippen molar-refractivity contribution in [3.63, 3.8) is 0 Å². The molecule has 3 rings (SSSR count). The lowest BCUT2D eigenvalue weighted by Crippen LogP contribution is -2.46. The van der Waals surface area contributed by atoms with Crippen molar-refractivity contribution < 1.29 is 19.4 Å². The molecule has 1 saturated heterocycles. The number of ether oxygens (including phenoxy) is 1. The van der Waals surface area contributed by atoms with Gasteiger partial charge in [-0.1, -0.05) is 6.07 Å². The highest BCUT2D eigenvalue weighted by atomic mass is 16.5. The number of hydrogen-bond acceptors (Lipinski definition) is 4. The Hall–Kier alpha value is -2.67. The molecule has 2 aromatic rings. The topological polar surface area (TPSA) is 84.7 Å². The monoisotopic (exact) mass is 329 g/mol. The Bertz CT molecular complexity index is 708. The van der Waals surface area contributed by atoms with Crippen molar-refractivity contribution in [2.45, 2.75) is 18.9 Å². The molecule has 1 N–H and O–H groups in total. The Morgan fingerprint density at radius 1 is 1.29 bits per heavy atom. The van der Waals surface area contributed by atoms with Crippen LogP contribution in [0.25, 0.3) is 5.69 Å². The van der Waals surface area contributed by atoms with E-state index in [0.29, 0.717) is 31.6 Å². The summed E-state index contributed by atoms with van der Waals surface area (Å²) in [5, 5.41) is 13.3. The van der Waals surface area contributed by atoms with E-state index in [1.165, 1.54) is 4.90 Å². The molecule has 0 unspecified atom stereocenters. The maximum absolute atomic E-state index is 12.9. The Kier molecular flexibility index (Phi) is 4.90. The first-order valence-corrected chi connectivity index (χ1v) is 7.86. The number of carboxylic acids is 1. The number of carboxylic acid groups (broad SMARTS) is 1. The first-order chi connectivity index (χ1) is 11.6. The third kappa shape index (κ3) is 3.62. The van der Waals surface area contributed by atoms with Gasteiger partial charge < -0.3 is 14.7 Å². The Morgan fingerprint density at radius 3 is 2.75 bits per heavy atom. The van der Waals surface area contributed by atoms with Crippen LogP contribution in [0.5, 0.6) is 0 Å². The number of carbonyl (C=O) groups excluding carboxylic acids is 1. The Balaban J connectivity index is 1.86. The second-order valence-electron chi connectivity index (χ2n) is 5.67. The highest BCUT2D eigenvalue weighted by Gasteiger charge is 2.28. The molecule has 0 spiro atoms. The third-order valence-corrected chi connectivity index (χ3v) is 4.06. The van der Waals surface area contributed by atoms with E-state index in [1.807, 2.05) is 6.07 Å². The molecule has 1 amide bonds. The summed E-state index contributed by atoms with van der Waals surface area (Å²) in [6.45, 7) is 0.776. The molecule has 1 aliphatic heterocycles. The van der Waals surface area contributed by atoms with E-state index < -0.39 is 5.97 Å². The summed E-state index contributed by atoms with van der Waals surface area (Å²) < 4.78 is 6.97. The van der Waals surface area contributed by atoms with E-state index in [9.17, 15) is 14.7 Å². The summed E-state index contributed by atoms with van der Waals surface area (Å²) in [5.41, 5.74) is 1.21. The van der Waals surface area contributed by atoms with E-state index in [4.69, 9.17) is 4.74 Å². The van der Waals surface area contributed by atoms with Gasteiger partial charge in [0.15, 0.2) is 0 Å². The highest BCUT2D eigenvalue weighted by molar-refractivity contribution is 5.96. The number of nitrogens with zero attached hydrogens (tertiary/aromatic N) is 3. The van der Waals surface area contributed by atoms with Gasteiger partial charge in [-0.05, 0) is 37.1 Å². The maximum Gasteiger partial charge on any atom is 0.323 e. The van der Waals surface area contributed by atoms with Crippen LogP contribution in [0, 0.1) is 0 Å².